The molecule has 0 bridgehead atoms. The zero-order valence-corrected chi connectivity index (χ0v) is 12.5. The summed E-state index contributed by atoms with van der Waals surface area (Å²) in [6.45, 7) is 4.32. The van der Waals surface area contributed by atoms with E-state index in [1.54, 1.807) is 0 Å². The van der Waals surface area contributed by atoms with E-state index < -0.39 is 0 Å². The predicted molar refractivity (Wildman–Crippen MR) is 77.5 cm³/mol. The number of hydrogen-bond acceptors (Lipinski definition) is 2. The van der Waals surface area contributed by atoms with E-state index in [-0.39, 0.29) is 0 Å². The zero-order chi connectivity index (χ0) is 11.5. The Morgan fingerprint density at radius 1 is 1.25 bits per heavy atom. The summed E-state index contributed by atoms with van der Waals surface area (Å²) in [6, 6.07) is 8.74. The van der Waals surface area contributed by atoms with Crippen molar-refractivity contribution in [1.82, 2.24) is 0 Å². The molecule has 0 atom stereocenters. The lowest BCUT2D eigenvalue weighted by Crippen LogP contribution is -1.83. The van der Waals surface area contributed by atoms with Crippen molar-refractivity contribution in [3.05, 3.63) is 50.1 Å². The van der Waals surface area contributed by atoms with Crippen molar-refractivity contribution in [2.75, 3.05) is 0 Å². The first-order chi connectivity index (χ1) is 7.66. The van der Waals surface area contributed by atoms with Crippen LogP contribution in [-0.2, 0) is 5.75 Å². The van der Waals surface area contributed by atoms with E-state index in [2.05, 4.69) is 59.4 Å². The van der Waals surface area contributed by atoms with Gasteiger partial charge in [0.1, 0.15) is 0 Å². The number of thioether (sulfide) groups is 1. The topological polar surface area (TPSA) is 0 Å². The fourth-order valence-corrected chi connectivity index (χ4v) is 4.35. The van der Waals surface area contributed by atoms with E-state index in [0.29, 0.717) is 0 Å². The van der Waals surface area contributed by atoms with Gasteiger partial charge in [-0.05, 0) is 52.9 Å². The largest absolute Gasteiger partial charge is 0.147 e. The van der Waals surface area contributed by atoms with Crippen LogP contribution in [0.25, 0.3) is 0 Å². The predicted octanol–water partition coefficient (Wildman–Crippen LogP) is 5.42. The minimum atomic E-state index is 1.04. The molecule has 0 fully saturated rings. The molecule has 0 saturated heterocycles. The number of halogens is 1. The second kappa shape index (κ2) is 5.39. The molecule has 0 nitrogen and oxygen atoms in total. The quantitative estimate of drug-likeness (QED) is 0.682. The molecule has 0 aliphatic carbocycles. The second-order valence-corrected chi connectivity index (χ2v) is 6.62. The highest BCUT2D eigenvalue weighted by Crippen LogP contribution is 2.32. The Bertz CT molecular complexity index is 488. The third kappa shape index (κ3) is 2.90. The number of aryl methyl sites for hydroxylation is 2. The first kappa shape index (κ1) is 12.2. The SMILES string of the molecule is Cc1ccc(C)c(SCc2sccc2Br)c1. The van der Waals surface area contributed by atoms with Crippen molar-refractivity contribution in [2.24, 2.45) is 0 Å². The van der Waals surface area contributed by atoms with Crippen molar-refractivity contribution in [3.63, 3.8) is 0 Å². The van der Waals surface area contributed by atoms with Crippen LogP contribution in [0.2, 0.25) is 0 Å². The summed E-state index contributed by atoms with van der Waals surface area (Å²) in [6.07, 6.45) is 0. The van der Waals surface area contributed by atoms with E-state index in [4.69, 9.17) is 0 Å². The lowest BCUT2D eigenvalue weighted by atomic mass is 10.2. The van der Waals surface area contributed by atoms with E-state index >= 15 is 0 Å². The van der Waals surface area contributed by atoms with Gasteiger partial charge in [-0.1, -0.05) is 17.7 Å². The molecular weight excluding hydrogens is 300 g/mol. The number of benzene rings is 1. The molecule has 0 unspecified atom stereocenters. The molecule has 1 aromatic heterocycles. The maximum atomic E-state index is 3.57. The molecule has 2 aromatic rings. The Balaban J connectivity index is 2.10. The van der Waals surface area contributed by atoms with Gasteiger partial charge in [0.15, 0.2) is 0 Å². The van der Waals surface area contributed by atoms with Crippen molar-refractivity contribution < 1.29 is 0 Å². The van der Waals surface area contributed by atoms with Crippen molar-refractivity contribution in [3.8, 4) is 0 Å². The molecule has 0 N–H and O–H groups in total. The Morgan fingerprint density at radius 3 is 2.75 bits per heavy atom. The van der Waals surface area contributed by atoms with Gasteiger partial charge < -0.3 is 0 Å². The average molecular weight is 313 g/mol. The standard InChI is InChI=1S/C13H13BrS2/c1-9-3-4-10(2)12(7-9)16-8-13-11(14)5-6-15-13/h3-7H,8H2,1-2H3. The summed E-state index contributed by atoms with van der Waals surface area (Å²) in [7, 11) is 0. The fourth-order valence-electron chi connectivity index (χ4n) is 1.43. The molecule has 1 aromatic carbocycles. The van der Waals surface area contributed by atoms with Gasteiger partial charge in [0.05, 0.1) is 0 Å². The van der Waals surface area contributed by atoms with Gasteiger partial charge in [-0.2, -0.15) is 0 Å². The summed E-state index contributed by atoms with van der Waals surface area (Å²) < 4.78 is 1.23. The smallest absolute Gasteiger partial charge is 0.0337 e. The molecule has 0 spiro atoms. The van der Waals surface area contributed by atoms with Crippen molar-refractivity contribution >= 4 is 39.0 Å². The third-order valence-corrected chi connectivity index (χ3v) is 5.69. The van der Waals surface area contributed by atoms with Crippen LogP contribution in [0.1, 0.15) is 16.0 Å². The lowest BCUT2D eigenvalue weighted by Gasteiger charge is -2.06. The molecular formula is C13H13BrS2. The highest BCUT2D eigenvalue weighted by atomic mass is 79.9. The first-order valence-electron chi connectivity index (χ1n) is 5.09. The maximum absolute atomic E-state index is 3.57. The van der Waals surface area contributed by atoms with E-state index in [1.807, 2.05) is 23.1 Å². The van der Waals surface area contributed by atoms with Crippen LogP contribution < -0.4 is 0 Å². The number of hydrogen-bond donors (Lipinski definition) is 0. The molecule has 0 saturated carbocycles. The molecule has 0 amide bonds. The molecule has 16 heavy (non-hydrogen) atoms. The Labute approximate surface area is 113 Å². The highest BCUT2D eigenvalue weighted by Gasteiger charge is 2.04. The van der Waals surface area contributed by atoms with Crippen LogP contribution in [0.5, 0.6) is 0 Å². The molecule has 84 valence electrons. The lowest BCUT2D eigenvalue weighted by molar-refractivity contribution is 1.25. The Hall–Kier alpha value is -0.250. The minimum Gasteiger partial charge on any atom is -0.147 e. The molecule has 0 aliphatic heterocycles. The van der Waals surface area contributed by atoms with Crippen LogP contribution in [0.3, 0.4) is 0 Å². The van der Waals surface area contributed by atoms with Crippen LogP contribution in [0.4, 0.5) is 0 Å². The third-order valence-electron chi connectivity index (χ3n) is 2.39. The van der Waals surface area contributed by atoms with E-state index in [1.165, 1.54) is 25.4 Å². The molecule has 0 radical (unpaired) electrons. The van der Waals surface area contributed by atoms with Crippen molar-refractivity contribution in [2.45, 2.75) is 24.5 Å². The maximum Gasteiger partial charge on any atom is 0.0337 e. The van der Waals surface area contributed by atoms with Gasteiger partial charge in [-0.3, -0.25) is 0 Å². The zero-order valence-electron chi connectivity index (χ0n) is 9.29. The monoisotopic (exact) mass is 312 g/mol. The van der Waals surface area contributed by atoms with Gasteiger partial charge in [-0.25, -0.2) is 0 Å². The van der Waals surface area contributed by atoms with Gasteiger partial charge >= 0.3 is 0 Å². The number of thiophene rings is 1. The summed E-state index contributed by atoms with van der Waals surface area (Å²) in [5, 5.41) is 2.13. The fraction of sp³-hybridized carbons (Fsp3) is 0.231. The van der Waals surface area contributed by atoms with Gasteiger partial charge in [0.2, 0.25) is 0 Å². The molecule has 0 aliphatic rings. The van der Waals surface area contributed by atoms with E-state index in [9.17, 15) is 0 Å². The Morgan fingerprint density at radius 2 is 2.06 bits per heavy atom. The second-order valence-electron chi connectivity index (χ2n) is 3.75. The summed E-state index contributed by atoms with van der Waals surface area (Å²) >= 11 is 7.29. The minimum absolute atomic E-state index is 1.04. The van der Waals surface area contributed by atoms with Gasteiger partial charge in [0.25, 0.3) is 0 Å². The first-order valence-corrected chi connectivity index (χ1v) is 7.74. The summed E-state index contributed by atoms with van der Waals surface area (Å²) in [4.78, 5) is 2.80. The average Bonchev–Trinajstić information content (AvgIpc) is 2.66. The Kier molecular flexibility index (Phi) is 4.11. The molecule has 3 heteroatoms. The van der Waals surface area contributed by atoms with Gasteiger partial charge in [-0.15, -0.1) is 23.1 Å². The van der Waals surface area contributed by atoms with Gasteiger partial charge in [0, 0.05) is 20.0 Å². The molecule has 1 heterocycles. The highest BCUT2D eigenvalue weighted by molar-refractivity contribution is 9.10. The summed E-state index contributed by atoms with van der Waals surface area (Å²) in [5.74, 6) is 1.04. The van der Waals surface area contributed by atoms with Crippen LogP contribution >= 0.6 is 39.0 Å². The normalized spacial score (nSPS) is 10.7. The summed E-state index contributed by atoms with van der Waals surface area (Å²) in [5.41, 5.74) is 2.70. The molecule has 2 rings (SSSR count). The van der Waals surface area contributed by atoms with Crippen LogP contribution in [0, 0.1) is 13.8 Å². The van der Waals surface area contributed by atoms with Crippen molar-refractivity contribution in [1.29, 1.82) is 0 Å². The number of rotatable bonds is 3. The van der Waals surface area contributed by atoms with Crippen LogP contribution in [-0.4, -0.2) is 0 Å². The van der Waals surface area contributed by atoms with Crippen LogP contribution in [0.15, 0.2) is 39.0 Å². The van der Waals surface area contributed by atoms with E-state index in [0.717, 1.165) is 5.75 Å².